The first kappa shape index (κ1) is 21.1. The van der Waals surface area contributed by atoms with Crippen LogP contribution in [0.4, 0.5) is 5.69 Å². The average molecular weight is 457 g/mol. The van der Waals surface area contributed by atoms with Gasteiger partial charge in [-0.1, -0.05) is 52.5 Å². The Morgan fingerprint density at radius 3 is 2.12 bits per heavy atom. The number of carboxylic acids is 1. The Morgan fingerprint density at radius 1 is 0.962 bits per heavy atom. The van der Waals surface area contributed by atoms with Gasteiger partial charge in [0, 0.05) is 13.0 Å². The molecule has 140 valence electrons. The zero-order valence-electron chi connectivity index (χ0n) is 13.1. The smallest absolute Gasteiger partial charge is 0.303 e. The summed E-state index contributed by atoms with van der Waals surface area (Å²) in [6.45, 7) is -0.127. The Morgan fingerprint density at radius 2 is 1.58 bits per heavy atom. The highest BCUT2D eigenvalue weighted by atomic mass is 35.5. The molecule has 5 nitrogen and oxygen atoms in total. The van der Waals surface area contributed by atoms with E-state index in [9.17, 15) is 13.2 Å². The molecule has 0 fully saturated rings. The molecule has 1 N–H and O–H groups in total. The van der Waals surface area contributed by atoms with E-state index in [1.165, 1.54) is 30.3 Å². The molecular weight excluding hydrogens is 444 g/mol. The number of nitrogens with zero attached hydrogens (tertiary/aromatic N) is 1. The highest BCUT2D eigenvalue weighted by molar-refractivity contribution is 7.92. The van der Waals surface area contributed by atoms with Crippen LogP contribution in [0, 0.1) is 0 Å². The summed E-state index contributed by atoms with van der Waals surface area (Å²) in [6.07, 6.45) is -0.146. The second kappa shape index (κ2) is 8.67. The van der Waals surface area contributed by atoms with Gasteiger partial charge in [0.2, 0.25) is 0 Å². The van der Waals surface area contributed by atoms with E-state index in [1.807, 2.05) is 0 Å². The third-order valence-electron chi connectivity index (χ3n) is 3.42. The van der Waals surface area contributed by atoms with Crippen LogP contribution in [-0.2, 0) is 14.8 Å². The first-order valence-electron chi connectivity index (χ1n) is 7.28. The van der Waals surface area contributed by atoms with Crippen molar-refractivity contribution in [2.45, 2.75) is 17.7 Å². The van der Waals surface area contributed by atoms with Crippen molar-refractivity contribution >= 4 is 68.1 Å². The Kier molecular flexibility index (Phi) is 7.05. The molecule has 0 radical (unpaired) electrons. The van der Waals surface area contributed by atoms with Crippen LogP contribution in [-0.4, -0.2) is 26.0 Å². The Hall–Kier alpha value is -1.18. The second-order valence-electron chi connectivity index (χ2n) is 5.22. The third kappa shape index (κ3) is 4.75. The lowest BCUT2D eigenvalue weighted by atomic mass is 10.3. The molecule has 0 aliphatic heterocycles. The molecule has 0 atom stereocenters. The summed E-state index contributed by atoms with van der Waals surface area (Å²) in [5.74, 6) is -1.04. The van der Waals surface area contributed by atoms with E-state index in [2.05, 4.69) is 0 Å². The van der Waals surface area contributed by atoms with Crippen LogP contribution in [0.25, 0.3) is 0 Å². The number of para-hydroxylation sites is 1. The van der Waals surface area contributed by atoms with Crippen molar-refractivity contribution in [1.82, 2.24) is 0 Å². The molecule has 2 aromatic rings. The number of hydrogen-bond acceptors (Lipinski definition) is 3. The number of carboxylic acid groups (broad SMARTS) is 1. The first-order chi connectivity index (χ1) is 12.1. The van der Waals surface area contributed by atoms with Crippen molar-refractivity contribution in [3.05, 3.63) is 56.5 Å². The maximum absolute atomic E-state index is 13.1. The molecule has 0 saturated carbocycles. The molecule has 2 aromatic carbocycles. The van der Waals surface area contributed by atoms with Crippen molar-refractivity contribution in [3.63, 3.8) is 0 Å². The van der Waals surface area contributed by atoms with Gasteiger partial charge in [-0.3, -0.25) is 9.10 Å². The van der Waals surface area contributed by atoms with Gasteiger partial charge in [0.15, 0.2) is 0 Å². The standard InChI is InChI=1S/C16H13Cl4NO4S/c17-11-7-6-10(9-14(11)20)26(24,25)21(8-2-5-15(22)23)16-12(18)3-1-4-13(16)19/h1,3-4,6-7,9H,2,5,8H2,(H,22,23). The monoisotopic (exact) mass is 455 g/mol. The molecule has 0 bridgehead atoms. The number of sulfonamides is 1. The Balaban J connectivity index is 2.54. The predicted molar refractivity (Wildman–Crippen MR) is 104 cm³/mol. The maximum atomic E-state index is 13.1. The van der Waals surface area contributed by atoms with Gasteiger partial charge in [0.1, 0.15) is 0 Å². The van der Waals surface area contributed by atoms with E-state index in [1.54, 1.807) is 6.07 Å². The maximum Gasteiger partial charge on any atom is 0.303 e. The highest BCUT2D eigenvalue weighted by Gasteiger charge is 2.28. The second-order valence-corrected chi connectivity index (χ2v) is 8.71. The summed E-state index contributed by atoms with van der Waals surface area (Å²) in [7, 11) is -4.11. The summed E-state index contributed by atoms with van der Waals surface area (Å²) in [4.78, 5) is 10.7. The number of carbonyl (C=O) groups is 1. The molecular formula is C16H13Cl4NO4S. The molecule has 10 heteroatoms. The van der Waals surface area contributed by atoms with Crippen molar-refractivity contribution in [3.8, 4) is 0 Å². The SMILES string of the molecule is O=C(O)CCCN(c1c(Cl)cccc1Cl)S(=O)(=O)c1ccc(Cl)c(Cl)c1. The number of rotatable bonds is 7. The fraction of sp³-hybridized carbons (Fsp3) is 0.188. The van der Waals surface area contributed by atoms with Gasteiger partial charge in [-0.15, -0.1) is 0 Å². The van der Waals surface area contributed by atoms with Crippen LogP contribution in [0.1, 0.15) is 12.8 Å². The van der Waals surface area contributed by atoms with Gasteiger partial charge < -0.3 is 5.11 Å². The van der Waals surface area contributed by atoms with Crippen molar-refractivity contribution < 1.29 is 18.3 Å². The number of anilines is 1. The number of benzene rings is 2. The van der Waals surface area contributed by atoms with Gasteiger partial charge in [-0.05, 0) is 36.8 Å². The van der Waals surface area contributed by atoms with Crippen LogP contribution in [0.15, 0.2) is 41.3 Å². The summed E-state index contributed by atoms with van der Waals surface area (Å²) >= 11 is 24.1. The minimum Gasteiger partial charge on any atom is -0.481 e. The van der Waals surface area contributed by atoms with Crippen LogP contribution in [0.2, 0.25) is 20.1 Å². The molecule has 0 aliphatic carbocycles. The fourth-order valence-electron chi connectivity index (χ4n) is 2.22. The normalized spacial score (nSPS) is 11.4. The molecule has 0 aliphatic rings. The lowest BCUT2D eigenvalue weighted by molar-refractivity contribution is -0.137. The van der Waals surface area contributed by atoms with Gasteiger partial charge in [-0.25, -0.2) is 8.42 Å². The van der Waals surface area contributed by atoms with E-state index in [-0.39, 0.29) is 50.1 Å². The zero-order valence-corrected chi connectivity index (χ0v) is 17.0. The summed E-state index contributed by atoms with van der Waals surface area (Å²) in [5.41, 5.74) is 0.0762. The van der Waals surface area contributed by atoms with Gasteiger partial charge in [0.05, 0.1) is 30.7 Å². The average Bonchev–Trinajstić information content (AvgIpc) is 2.55. The number of hydrogen-bond donors (Lipinski definition) is 1. The highest BCUT2D eigenvalue weighted by Crippen LogP contribution is 2.37. The van der Waals surface area contributed by atoms with E-state index in [4.69, 9.17) is 51.5 Å². The third-order valence-corrected chi connectivity index (χ3v) is 6.56. The van der Waals surface area contributed by atoms with Crippen LogP contribution in [0.5, 0.6) is 0 Å². The van der Waals surface area contributed by atoms with E-state index in [0.717, 1.165) is 4.31 Å². The molecule has 0 amide bonds. The van der Waals surface area contributed by atoms with Crippen LogP contribution >= 0.6 is 46.4 Å². The van der Waals surface area contributed by atoms with E-state index < -0.39 is 16.0 Å². The van der Waals surface area contributed by atoms with E-state index in [0.29, 0.717) is 0 Å². The van der Waals surface area contributed by atoms with Crippen molar-refractivity contribution in [1.29, 1.82) is 0 Å². The van der Waals surface area contributed by atoms with Crippen molar-refractivity contribution in [2.24, 2.45) is 0 Å². The lowest BCUT2D eigenvalue weighted by Gasteiger charge is -2.26. The Bertz CT molecular complexity index is 914. The van der Waals surface area contributed by atoms with Gasteiger partial charge in [-0.2, -0.15) is 0 Å². The summed E-state index contributed by atoms with van der Waals surface area (Å²) in [6, 6.07) is 8.46. The molecule has 0 aromatic heterocycles. The Labute approximate surface area is 171 Å². The van der Waals surface area contributed by atoms with E-state index >= 15 is 0 Å². The topological polar surface area (TPSA) is 74.7 Å². The zero-order chi connectivity index (χ0) is 19.5. The minimum absolute atomic E-state index is 0.0669. The molecule has 0 spiro atoms. The molecule has 0 unspecified atom stereocenters. The molecule has 26 heavy (non-hydrogen) atoms. The number of aliphatic carboxylic acids is 1. The predicted octanol–water partition coefficient (Wildman–Crippen LogP) is 5.36. The first-order valence-corrected chi connectivity index (χ1v) is 10.2. The van der Waals surface area contributed by atoms with Crippen LogP contribution in [0.3, 0.4) is 0 Å². The summed E-state index contributed by atoms with van der Waals surface area (Å²) < 4.78 is 27.3. The van der Waals surface area contributed by atoms with Gasteiger partial charge in [0.25, 0.3) is 10.0 Å². The minimum atomic E-state index is -4.11. The quantitative estimate of drug-likeness (QED) is 0.608. The van der Waals surface area contributed by atoms with Gasteiger partial charge >= 0.3 is 5.97 Å². The van der Waals surface area contributed by atoms with Crippen LogP contribution < -0.4 is 4.31 Å². The lowest BCUT2D eigenvalue weighted by Crippen LogP contribution is -2.33. The molecule has 0 saturated heterocycles. The number of halogens is 4. The fourth-order valence-corrected chi connectivity index (χ4v) is 4.85. The summed E-state index contributed by atoms with van der Waals surface area (Å²) in [5, 5.41) is 9.36. The van der Waals surface area contributed by atoms with Crippen molar-refractivity contribution in [2.75, 3.05) is 10.8 Å². The molecule has 0 heterocycles. The molecule has 2 rings (SSSR count). The largest absolute Gasteiger partial charge is 0.481 e.